The number of aliphatic hydroxyl groups is 1. The molecule has 0 saturated heterocycles. The average Bonchev–Trinajstić information content (AvgIpc) is 2.76. The van der Waals surface area contributed by atoms with Crippen LogP contribution in [0.2, 0.25) is 0 Å². The van der Waals surface area contributed by atoms with Crippen molar-refractivity contribution < 1.29 is 18.7 Å². The van der Waals surface area contributed by atoms with Gasteiger partial charge in [-0.2, -0.15) is 0 Å². The molecule has 0 bridgehead atoms. The van der Waals surface area contributed by atoms with Gasteiger partial charge in [-0.05, 0) is 29.7 Å². The molecule has 3 aromatic rings. The number of anilines is 1. The van der Waals surface area contributed by atoms with Crippen LogP contribution in [0.25, 0.3) is 0 Å². The van der Waals surface area contributed by atoms with Crippen molar-refractivity contribution in [2.45, 2.75) is 12.5 Å². The van der Waals surface area contributed by atoms with Crippen LogP contribution >= 0.6 is 0 Å². The predicted octanol–water partition coefficient (Wildman–Crippen LogP) is 4.38. The highest BCUT2D eigenvalue weighted by atomic mass is 19.2. The molecule has 0 spiro atoms. The van der Waals surface area contributed by atoms with E-state index in [1.165, 1.54) is 6.07 Å². The van der Waals surface area contributed by atoms with Gasteiger partial charge in [-0.1, -0.05) is 60.7 Å². The average molecular weight is 410 g/mol. The van der Waals surface area contributed by atoms with E-state index in [1.807, 2.05) is 65.6 Å². The molecule has 0 heterocycles. The zero-order chi connectivity index (χ0) is 21.3. The van der Waals surface area contributed by atoms with E-state index >= 15 is 0 Å². The van der Waals surface area contributed by atoms with E-state index in [0.29, 0.717) is 13.0 Å². The minimum absolute atomic E-state index is 0.00239. The molecule has 0 fully saturated rings. The number of rotatable bonds is 9. The van der Waals surface area contributed by atoms with Crippen LogP contribution in [0.4, 0.5) is 14.5 Å². The van der Waals surface area contributed by atoms with Crippen molar-refractivity contribution in [2.75, 3.05) is 25.0 Å². The van der Waals surface area contributed by atoms with E-state index in [4.69, 9.17) is 0 Å². The van der Waals surface area contributed by atoms with Gasteiger partial charge in [0.15, 0.2) is 11.6 Å². The third-order valence-electron chi connectivity index (χ3n) is 4.75. The highest BCUT2D eigenvalue weighted by Crippen LogP contribution is 2.28. The summed E-state index contributed by atoms with van der Waals surface area (Å²) in [6, 6.07) is 22.7. The lowest BCUT2D eigenvalue weighted by atomic mass is 9.96. The van der Waals surface area contributed by atoms with Gasteiger partial charge < -0.3 is 10.4 Å². The van der Waals surface area contributed by atoms with Crippen molar-refractivity contribution in [1.29, 1.82) is 0 Å². The molecule has 0 aliphatic heterocycles. The maximum absolute atomic E-state index is 13.5. The lowest BCUT2D eigenvalue weighted by Gasteiger charge is -2.32. The Morgan fingerprint density at radius 3 is 2.03 bits per heavy atom. The number of carbonyl (C=O) groups is 1. The van der Waals surface area contributed by atoms with Crippen LogP contribution in [0.3, 0.4) is 0 Å². The molecule has 1 amide bonds. The van der Waals surface area contributed by atoms with E-state index in [-0.39, 0.29) is 30.8 Å². The van der Waals surface area contributed by atoms with Crippen LogP contribution in [-0.2, 0) is 4.79 Å². The quantitative estimate of drug-likeness (QED) is 0.551. The summed E-state index contributed by atoms with van der Waals surface area (Å²) in [6.07, 6.45) is 0.495. The van der Waals surface area contributed by atoms with Crippen molar-refractivity contribution in [3.63, 3.8) is 0 Å². The van der Waals surface area contributed by atoms with E-state index in [0.717, 1.165) is 23.3 Å². The Morgan fingerprint density at radius 2 is 1.50 bits per heavy atom. The number of aliphatic hydroxyl groups excluding tert-OH is 1. The maximum Gasteiger partial charge on any atom is 0.238 e. The molecular weight excluding hydrogens is 386 g/mol. The third-order valence-corrected chi connectivity index (χ3v) is 4.75. The van der Waals surface area contributed by atoms with Crippen LogP contribution in [0.15, 0.2) is 78.9 Å². The number of hydrogen-bond donors (Lipinski definition) is 2. The first kappa shape index (κ1) is 21.6. The molecule has 0 aliphatic rings. The van der Waals surface area contributed by atoms with Crippen LogP contribution in [0.5, 0.6) is 0 Å². The minimum Gasteiger partial charge on any atom is -0.396 e. The molecule has 2 N–H and O–H groups in total. The summed E-state index contributed by atoms with van der Waals surface area (Å²) in [5.74, 6) is -2.34. The molecular formula is C24H24F2N2O2. The summed E-state index contributed by atoms with van der Waals surface area (Å²) in [5, 5.41) is 12.0. The number of nitrogens with one attached hydrogen (secondary N) is 1. The van der Waals surface area contributed by atoms with Crippen molar-refractivity contribution in [3.8, 4) is 0 Å². The molecule has 0 aliphatic carbocycles. The Hall–Kier alpha value is -3.09. The molecule has 0 saturated carbocycles. The number of amides is 1. The Morgan fingerprint density at radius 1 is 0.900 bits per heavy atom. The molecule has 3 rings (SSSR count). The Bertz CT molecular complexity index is 912. The maximum atomic E-state index is 13.5. The van der Waals surface area contributed by atoms with Crippen molar-refractivity contribution in [2.24, 2.45) is 0 Å². The second-order valence-corrected chi connectivity index (χ2v) is 6.95. The van der Waals surface area contributed by atoms with Gasteiger partial charge in [0.25, 0.3) is 0 Å². The van der Waals surface area contributed by atoms with Crippen molar-refractivity contribution >= 4 is 11.6 Å². The Kier molecular flexibility index (Phi) is 7.65. The number of hydrogen-bond acceptors (Lipinski definition) is 3. The minimum atomic E-state index is -1.02. The number of benzene rings is 3. The smallest absolute Gasteiger partial charge is 0.238 e. The van der Waals surface area contributed by atoms with E-state index in [9.17, 15) is 18.7 Å². The summed E-state index contributed by atoms with van der Waals surface area (Å²) < 4.78 is 26.6. The predicted molar refractivity (Wildman–Crippen MR) is 113 cm³/mol. The Labute approximate surface area is 174 Å². The molecule has 0 radical (unpaired) electrons. The molecule has 30 heavy (non-hydrogen) atoms. The standard InChI is InChI=1S/C24H24F2N2O2/c25-21-13-12-20(16-22(21)26)27-23(30)17-28(14-7-15-29)24(18-8-3-1-4-9-18)19-10-5-2-6-11-19/h1-6,8-13,16,24,29H,7,14-15,17H2,(H,27,30). The molecule has 156 valence electrons. The second-order valence-electron chi connectivity index (χ2n) is 6.95. The molecule has 6 heteroatoms. The molecule has 4 nitrogen and oxygen atoms in total. The highest BCUT2D eigenvalue weighted by molar-refractivity contribution is 5.92. The summed E-state index contributed by atoms with van der Waals surface area (Å²) in [7, 11) is 0. The van der Waals surface area contributed by atoms with E-state index in [1.54, 1.807) is 0 Å². The summed E-state index contributed by atoms with van der Waals surface area (Å²) >= 11 is 0. The first-order valence-electron chi connectivity index (χ1n) is 9.78. The summed E-state index contributed by atoms with van der Waals surface area (Å²) in [6.45, 7) is 0.501. The second kappa shape index (κ2) is 10.6. The van der Waals surface area contributed by atoms with Gasteiger partial charge in [0.05, 0.1) is 12.6 Å². The number of carbonyl (C=O) groups excluding carboxylic acids is 1. The first-order chi connectivity index (χ1) is 14.6. The van der Waals surface area contributed by atoms with Crippen LogP contribution in [0.1, 0.15) is 23.6 Å². The molecule has 0 unspecified atom stereocenters. The fourth-order valence-corrected chi connectivity index (χ4v) is 3.42. The van der Waals surface area contributed by atoms with Crippen LogP contribution in [0, 0.1) is 11.6 Å². The summed E-state index contributed by atoms with van der Waals surface area (Å²) in [4.78, 5) is 14.7. The lowest BCUT2D eigenvalue weighted by molar-refractivity contribution is -0.117. The van der Waals surface area contributed by atoms with Crippen LogP contribution < -0.4 is 5.32 Å². The van der Waals surface area contributed by atoms with E-state index in [2.05, 4.69) is 5.32 Å². The van der Waals surface area contributed by atoms with Gasteiger partial charge in [-0.3, -0.25) is 9.69 Å². The molecule has 0 atom stereocenters. The van der Waals surface area contributed by atoms with E-state index < -0.39 is 11.6 Å². The zero-order valence-corrected chi connectivity index (χ0v) is 16.5. The largest absolute Gasteiger partial charge is 0.396 e. The fourth-order valence-electron chi connectivity index (χ4n) is 3.42. The monoisotopic (exact) mass is 410 g/mol. The highest BCUT2D eigenvalue weighted by Gasteiger charge is 2.24. The topological polar surface area (TPSA) is 52.6 Å². The summed E-state index contributed by atoms with van der Waals surface area (Å²) in [5.41, 5.74) is 2.22. The van der Waals surface area contributed by atoms with Gasteiger partial charge in [-0.25, -0.2) is 8.78 Å². The fraction of sp³-hybridized carbons (Fsp3) is 0.208. The molecule has 0 aromatic heterocycles. The third kappa shape index (κ3) is 5.72. The molecule has 3 aromatic carbocycles. The van der Waals surface area contributed by atoms with Crippen LogP contribution in [-0.4, -0.2) is 35.6 Å². The zero-order valence-electron chi connectivity index (χ0n) is 16.5. The van der Waals surface area contributed by atoms with Gasteiger partial charge in [0.2, 0.25) is 5.91 Å². The van der Waals surface area contributed by atoms with Gasteiger partial charge in [0, 0.05) is 24.9 Å². The van der Waals surface area contributed by atoms with Gasteiger partial charge >= 0.3 is 0 Å². The number of halogens is 2. The number of nitrogens with zero attached hydrogens (tertiary/aromatic N) is 1. The first-order valence-corrected chi connectivity index (χ1v) is 9.78. The Balaban J connectivity index is 1.86. The van der Waals surface area contributed by atoms with Gasteiger partial charge in [-0.15, -0.1) is 0 Å². The van der Waals surface area contributed by atoms with Gasteiger partial charge in [0.1, 0.15) is 0 Å². The lowest BCUT2D eigenvalue weighted by Crippen LogP contribution is -2.38. The normalized spacial score (nSPS) is 11.1. The van der Waals surface area contributed by atoms with Crippen molar-refractivity contribution in [1.82, 2.24) is 4.90 Å². The van der Waals surface area contributed by atoms with Crippen molar-refractivity contribution in [3.05, 3.63) is 102 Å². The SMILES string of the molecule is O=C(CN(CCCO)C(c1ccccc1)c1ccccc1)Nc1ccc(F)c(F)c1.